The number of nitrogens with one attached hydrogen (secondary N) is 3. The Morgan fingerprint density at radius 3 is 2.84 bits per heavy atom. The predicted octanol–water partition coefficient (Wildman–Crippen LogP) is 3.23. The quantitative estimate of drug-likeness (QED) is 0.369. The van der Waals surface area contributed by atoms with Gasteiger partial charge in [-0.25, -0.2) is 4.79 Å². The van der Waals surface area contributed by atoms with Crippen LogP contribution >= 0.6 is 0 Å². The minimum Gasteiger partial charge on any atom is -0.466 e. The molecule has 0 bridgehead atoms. The lowest BCUT2D eigenvalue weighted by atomic mass is 10.1. The molecular formula is C18H23N3O4. The third-order valence-electron chi connectivity index (χ3n) is 3.77. The number of aldehydes is 1. The molecule has 1 heterocycles. The zero-order chi connectivity index (χ0) is 18.1. The molecule has 0 saturated carbocycles. The molecule has 0 radical (unpaired) electrons. The van der Waals surface area contributed by atoms with E-state index in [2.05, 4.69) is 15.6 Å². The summed E-state index contributed by atoms with van der Waals surface area (Å²) in [6, 6.07) is 5.07. The van der Waals surface area contributed by atoms with Crippen LogP contribution in [0.2, 0.25) is 0 Å². The fourth-order valence-corrected chi connectivity index (χ4v) is 2.55. The summed E-state index contributed by atoms with van der Waals surface area (Å²) in [6.07, 6.45) is 5.18. The van der Waals surface area contributed by atoms with Crippen molar-refractivity contribution in [3.63, 3.8) is 0 Å². The van der Waals surface area contributed by atoms with Crippen LogP contribution in [0.15, 0.2) is 24.4 Å². The zero-order valence-electron chi connectivity index (χ0n) is 14.3. The van der Waals surface area contributed by atoms with Crippen LogP contribution < -0.4 is 10.6 Å². The van der Waals surface area contributed by atoms with Crippen molar-refractivity contribution in [3.05, 3.63) is 30.0 Å². The maximum absolute atomic E-state index is 12.0. The van der Waals surface area contributed by atoms with Crippen LogP contribution in [-0.4, -0.2) is 36.4 Å². The summed E-state index contributed by atoms with van der Waals surface area (Å²) in [5, 5.41) is 6.33. The highest BCUT2D eigenvalue weighted by Gasteiger charge is 2.09. The summed E-state index contributed by atoms with van der Waals surface area (Å²) in [4.78, 5) is 37.1. The van der Waals surface area contributed by atoms with Crippen LogP contribution in [0.3, 0.4) is 0 Å². The lowest BCUT2D eigenvalue weighted by Gasteiger charge is -2.08. The van der Waals surface area contributed by atoms with E-state index < -0.39 is 0 Å². The first-order valence-electron chi connectivity index (χ1n) is 8.41. The van der Waals surface area contributed by atoms with Gasteiger partial charge in [-0.2, -0.15) is 0 Å². The highest BCUT2D eigenvalue weighted by Crippen LogP contribution is 2.24. The molecule has 0 aliphatic carbocycles. The van der Waals surface area contributed by atoms with Gasteiger partial charge in [-0.1, -0.05) is 18.6 Å². The Hall–Kier alpha value is -2.83. The number of carbonyl (C=O) groups is 3. The number of carbonyl (C=O) groups excluding carboxylic acids is 3. The number of hydrogen-bond donors (Lipinski definition) is 3. The predicted molar refractivity (Wildman–Crippen MR) is 95.8 cm³/mol. The highest BCUT2D eigenvalue weighted by atomic mass is 16.5. The number of urea groups is 1. The molecule has 1 aromatic heterocycles. The number of aromatic amines is 1. The average Bonchev–Trinajstić information content (AvgIpc) is 3.02. The van der Waals surface area contributed by atoms with Gasteiger partial charge in [0.2, 0.25) is 0 Å². The third-order valence-corrected chi connectivity index (χ3v) is 3.77. The van der Waals surface area contributed by atoms with Crippen LogP contribution in [0.5, 0.6) is 0 Å². The Balaban J connectivity index is 1.73. The fourth-order valence-electron chi connectivity index (χ4n) is 2.55. The number of para-hydroxylation sites is 1. The van der Waals surface area contributed by atoms with E-state index in [1.807, 2.05) is 6.07 Å². The maximum atomic E-state index is 12.0. The molecule has 3 N–H and O–H groups in total. The summed E-state index contributed by atoms with van der Waals surface area (Å²) in [7, 11) is 0. The van der Waals surface area contributed by atoms with Gasteiger partial charge in [-0.15, -0.1) is 0 Å². The molecule has 0 spiro atoms. The first-order chi connectivity index (χ1) is 12.2. The van der Waals surface area contributed by atoms with Crippen LogP contribution in [0.1, 0.15) is 43.0 Å². The molecule has 0 aliphatic heterocycles. The normalized spacial score (nSPS) is 10.4. The molecule has 134 valence electrons. The summed E-state index contributed by atoms with van der Waals surface area (Å²) in [5.74, 6) is -0.179. The molecule has 0 unspecified atom stereocenters. The van der Waals surface area contributed by atoms with E-state index in [0.29, 0.717) is 36.3 Å². The van der Waals surface area contributed by atoms with E-state index in [-0.39, 0.29) is 12.0 Å². The topological polar surface area (TPSA) is 100 Å². The highest BCUT2D eigenvalue weighted by molar-refractivity contribution is 6.05. The Morgan fingerprint density at radius 1 is 1.24 bits per heavy atom. The van der Waals surface area contributed by atoms with E-state index in [1.165, 1.54) is 0 Å². The standard InChI is InChI=1S/C18H23N3O4/c1-2-25-16(23)9-4-3-5-10-19-18(24)21-15-8-6-7-14-13(12-22)11-20-17(14)15/h6-8,11-12,20H,2-5,9-10H2,1H3,(H2,19,21,24). The summed E-state index contributed by atoms with van der Waals surface area (Å²) in [5.41, 5.74) is 1.89. The molecule has 1 aromatic carbocycles. The lowest BCUT2D eigenvalue weighted by Crippen LogP contribution is -2.29. The van der Waals surface area contributed by atoms with Crippen molar-refractivity contribution in [2.45, 2.75) is 32.6 Å². The molecule has 0 saturated heterocycles. The van der Waals surface area contributed by atoms with Crippen molar-refractivity contribution in [1.82, 2.24) is 10.3 Å². The van der Waals surface area contributed by atoms with Gasteiger partial charge in [0.15, 0.2) is 6.29 Å². The Labute approximate surface area is 146 Å². The maximum Gasteiger partial charge on any atom is 0.319 e. The zero-order valence-corrected chi connectivity index (χ0v) is 14.3. The largest absolute Gasteiger partial charge is 0.466 e. The molecule has 0 fully saturated rings. The molecule has 7 nitrogen and oxygen atoms in total. The van der Waals surface area contributed by atoms with Gasteiger partial charge in [0.1, 0.15) is 0 Å². The number of ether oxygens (including phenoxy) is 1. The Bertz CT molecular complexity index is 739. The smallest absolute Gasteiger partial charge is 0.319 e. The van der Waals surface area contributed by atoms with Gasteiger partial charge in [0.25, 0.3) is 0 Å². The molecule has 0 aliphatic rings. The van der Waals surface area contributed by atoms with E-state index in [9.17, 15) is 14.4 Å². The second-order valence-corrected chi connectivity index (χ2v) is 5.59. The van der Waals surface area contributed by atoms with Crippen LogP contribution in [0.4, 0.5) is 10.5 Å². The number of benzene rings is 1. The summed E-state index contributed by atoms with van der Waals surface area (Å²) < 4.78 is 4.85. The van der Waals surface area contributed by atoms with E-state index in [1.54, 1.807) is 25.3 Å². The average molecular weight is 345 g/mol. The van der Waals surface area contributed by atoms with Crippen molar-refractivity contribution >= 4 is 34.9 Å². The van der Waals surface area contributed by atoms with Crippen LogP contribution in [0, 0.1) is 0 Å². The minimum absolute atomic E-state index is 0.179. The van der Waals surface area contributed by atoms with Crippen LogP contribution in [0.25, 0.3) is 10.9 Å². The van der Waals surface area contributed by atoms with E-state index in [0.717, 1.165) is 30.9 Å². The second-order valence-electron chi connectivity index (χ2n) is 5.59. The Morgan fingerprint density at radius 2 is 2.08 bits per heavy atom. The number of fused-ring (bicyclic) bond motifs is 1. The summed E-state index contributed by atoms with van der Waals surface area (Å²) in [6.45, 7) is 2.71. The first kappa shape index (κ1) is 18.5. The third kappa shape index (κ3) is 5.34. The van der Waals surface area contributed by atoms with Gasteiger partial charge in [0, 0.05) is 30.1 Å². The number of amides is 2. The van der Waals surface area contributed by atoms with Gasteiger partial charge >= 0.3 is 12.0 Å². The van der Waals surface area contributed by atoms with Crippen molar-refractivity contribution in [2.75, 3.05) is 18.5 Å². The second kappa shape index (κ2) is 9.46. The number of rotatable bonds is 9. The number of hydrogen-bond acceptors (Lipinski definition) is 4. The van der Waals surface area contributed by atoms with E-state index in [4.69, 9.17) is 4.74 Å². The number of unbranched alkanes of at least 4 members (excludes halogenated alkanes) is 2. The summed E-state index contributed by atoms with van der Waals surface area (Å²) >= 11 is 0. The number of anilines is 1. The lowest BCUT2D eigenvalue weighted by molar-refractivity contribution is -0.143. The number of aromatic nitrogens is 1. The van der Waals surface area contributed by atoms with E-state index >= 15 is 0 Å². The molecule has 7 heteroatoms. The van der Waals surface area contributed by atoms with Gasteiger partial charge in [0.05, 0.1) is 17.8 Å². The van der Waals surface area contributed by atoms with Gasteiger partial charge in [-0.3, -0.25) is 9.59 Å². The number of esters is 1. The van der Waals surface area contributed by atoms with Crippen LogP contribution in [-0.2, 0) is 9.53 Å². The van der Waals surface area contributed by atoms with Gasteiger partial charge < -0.3 is 20.4 Å². The molecule has 2 aromatic rings. The molecule has 2 amide bonds. The van der Waals surface area contributed by atoms with Crippen molar-refractivity contribution in [1.29, 1.82) is 0 Å². The number of H-pyrrole nitrogens is 1. The fraction of sp³-hybridized carbons (Fsp3) is 0.389. The van der Waals surface area contributed by atoms with Crippen molar-refractivity contribution < 1.29 is 19.1 Å². The van der Waals surface area contributed by atoms with Gasteiger partial charge in [-0.05, 0) is 25.8 Å². The monoisotopic (exact) mass is 345 g/mol. The SMILES string of the molecule is CCOC(=O)CCCCCNC(=O)Nc1cccc2c(C=O)c[nH]c12. The van der Waals surface area contributed by atoms with Crippen molar-refractivity contribution in [3.8, 4) is 0 Å². The van der Waals surface area contributed by atoms with Crippen molar-refractivity contribution in [2.24, 2.45) is 0 Å². The molecule has 2 rings (SSSR count). The first-order valence-corrected chi connectivity index (χ1v) is 8.41. The minimum atomic E-state index is -0.305. The molecule has 25 heavy (non-hydrogen) atoms. The molecule has 0 atom stereocenters. The molecular weight excluding hydrogens is 322 g/mol. The Kier molecular flexibility index (Phi) is 7.00.